The number of amides is 2. The lowest BCUT2D eigenvalue weighted by Gasteiger charge is -2.31. The van der Waals surface area contributed by atoms with Gasteiger partial charge in [-0.3, -0.25) is 9.59 Å². The van der Waals surface area contributed by atoms with Crippen molar-refractivity contribution >= 4 is 17.8 Å². The Morgan fingerprint density at radius 3 is 2.23 bits per heavy atom. The van der Waals surface area contributed by atoms with Gasteiger partial charge in [-0.2, -0.15) is 0 Å². The van der Waals surface area contributed by atoms with Crippen LogP contribution in [-0.2, 0) is 14.4 Å². The summed E-state index contributed by atoms with van der Waals surface area (Å²) in [4.78, 5) is 42.7. The van der Waals surface area contributed by atoms with Gasteiger partial charge in [0.25, 0.3) is 11.8 Å². The molecule has 0 radical (unpaired) electrons. The average molecular weight is 351 g/mol. The second-order valence-corrected chi connectivity index (χ2v) is 6.31. The molecule has 0 aliphatic carbocycles. The van der Waals surface area contributed by atoms with Gasteiger partial charge in [-0.15, -0.1) is 0 Å². The van der Waals surface area contributed by atoms with E-state index in [1.165, 1.54) is 0 Å². The number of hydrogen-bond acceptors (Lipinski definition) is 5. The minimum atomic E-state index is -0.631. The highest BCUT2D eigenvalue weighted by atomic mass is 16.7. The second kappa shape index (κ2) is 6.72. The lowest BCUT2D eigenvalue weighted by molar-refractivity contribution is -0.183. The molecule has 2 atom stereocenters. The Morgan fingerprint density at radius 2 is 1.58 bits per heavy atom. The van der Waals surface area contributed by atoms with Gasteiger partial charge in [0.2, 0.25) is 0 Å². The molecule has 0 spiro atoms. The summed E-state index contributed by atoms with van der Waals surface area (Å²) in [7, 11) is 0. The topological polar surface area (TPSA) is 72.9 Å². The first-order chi connectivity index (χ1) is 12.7. The normalized spacial score (nSPS) is 22.2. The molecule has 6 nitrogen and oxygen atoms in total. The molecular weight excluding hydrogens is 334 g/mol. The molecule has 0 saturated carbocycles. The molecule has 0 bridgehead atoms. The van der Waals surface area contributed by atoms with Crippen molar-refractivity contribution in [3.8, 4) is 0 Å². The quantitative estimate of drug-likeness (QED) is 0.795. The number of hydroxylamine groups is 2. The van der Waals surface area contributed by atoms with E-state index >= 15 is 0 Å². The van der Waals surface area contributed by atoms with Gasteiger partial charge in [0.1, 0.15) is 0 Å². The number of fused-ring (bicyclic) bond motifs is 1. The van der Waals surface area contributed by atoms with E-state index in [2.05, 4.69) is 0 Å². The van der Waals surface area contributed by atoms with Gasteiger partial charge in [0.05, 0.1) is 23.1 Å². The van der Waals surface area contributed by atoms with Gasteiger partial charge >= 0.3 is 5.97 Å². The maximum absolute atomic E-state index is 12.7. The van der Waals surface area contributed by atoms with Crippen LogP contribution in [0.5, 0.6) is 0 Å². The minimum Gasteiger partial charge on any atom is -0.373 e. The Bertz CT molecular complexity index is 829. The van der Waals surface area contributed by atoms with E-state index in [1.807, 2.05) is 30.3 Å². The molecule has 0 aromatic heterocycles. The van der Waals surface area contributed by atoms with Crippen LogP contribution in [-0.4, -0.2) is 29.5 Å². The molecule has 132 valence electrons. The Hall–Kier alpha value is -2.99. The molecule has 2 aliphatic heterocycles. The zero-order chi connectivity index (χ0) is 18.1. The first-order valence-corrected chi connectivity index (χ1v) is 8.53. The summed E-state index contributed by atoms with van der Waals surface area (Å²) in [5.41, 5.74) is 1.35. The maximum atomic E-state index is 12.7. The number of carbonyl (C=O) groups excluding carboxylic acids is 3. The molecule has 26 heavy (non-hydrogen) atoms. The first kappa shape index (κ1) is 16.5. The number of rotatable bonds is 3. The number of carbonyl (C=O) groups is 3. The third-order valence-corrected chi connectivity index (χ3v) is 4.69. The SMILES string of the molecule is O=C(ON1C(=O)c2ccccc2C1=O)[C@@H]1CCCO[C@H]1c1ccccc1. The molecule has 4 rings (SSSR count). The van der Waals surface area contributed by atoms with Crippen molar-refractivity contribution in [2.24, 2.45) is 5.92 Å². The third kappa shape index (κ3) is 2.78. The molecule has 0 unspecified atom stereocenters. The molecule has 6 heteroatoms. The number of hydrogen-bond donors (Lipinski definition) is 0. The standard InChI is InChI=1S/C20H17NO5/c22-18-14-9-4-5-10-15(14)19(23)21(18)26-20(24)16-11-6-12-25-17(16)13-7-2-1-3-8-13/h1-5,7-10,16-17H,6,11-12H2/t16-,17+/m1/s1. The Morgan fingerprint density at radius 1 is 0.962 bits per heavy atom. The highest BCUT2D eigenvalue weighted by molar-refractivity contribution is 6.20. The van der Waals surface area contributed by atoms with Gasteiger partial charge in [-0.1, -0.05) is 47.5 Å². The van der Waals surface area contributed by atoms with Gasteiger partial charge in [0, 0.05) is 6.61 Å². The van der Waals surface area contributed by atoms with Crippen LogP contribution < -0.4 is 0 Å². The Balaban J connectivity index is 1.54. The van der Waals surface area contributed by atoms with E-state index in [0.717, 1.165) is 5.56 Å². The molecule has 1 fully saturated rings. The van der Waals surface area contributed by atoms with Crippen molar-refractivity contribution in [2.45, 2.75) is 18.9 Å². The molecule has 2 aromatic rings. The first-order valence-electron chi connectivity index (χ1n) is 8.53. The Kier molecular flexibility index (Phi) is 4.26. The molecule has 2 amide bonds. The fraction of sp³-hybridized carbons (Fsp3) is 0.250. The molecule has 2 heterocycles. The van der Waals surface area contributed by atoms with Crippen LogP contribution in [0.1, 0.15) is 45.2 Å². The molecule has 2 aromatic carbocycles. The van der Waals surface area contributed by atoms with Crippen LogP contribution in [0.3, 0.4) is 0 Å². The summed E-state index contributed by atoms with van der Waals surface area (Å²) in [5, 5.41) is 0.559. The van der Waals surface area contributed by atoms with Crippen LogP contribution in [0.4, 0.5) is 0 Å². The van der Waals surface area contributed by atoms with Crippen LogP contribution in [0.2, 0.25) is 0 Å². The van der Waals surface area contributed by atoms with E-state index in [9.17, 15) is 14.4 Å². The zero-order valence-corrected chi connectivity index (χ0v) is 14.0. The number of imide groups is 1. The van der Waals surface area contributed by atoms with E-state index in [1.54, 1.807) is 24.3 Å². The van der Waals surface area contributed by atoms with E-state index in [-0.39, 0.29) is 11.1 Å². The van der Waals surface area contributed by atoms with Gasteiger partial charge < -0.3 is 9.57 Å². The maximum Gasteiger partial charge on any atom is 0.339 e. The van der Waals surface area contributed by atoms with Crippen LogP contribution >= 0.6 is 0 Å². The number of ether oxygens (including phenoxy) is 1. The number of nitrogens with zero attached hydrogens (tertiary/aromatic N) is 1. The van der Waals surface area contributed by atoms with Crippen molar-refractivity contribution in [1.82, 2.24) is 5.06 Å². The minimum absolute atomic E-state index is 0.241. The van der Waals surface area contributed by atoms with E-state index in [0.29, 0.717) is 24.5 Å². The van der Waals surface area contributed by atoms with Crippen molar-refractivity contribution in [3.63, 3.8) is 0 Å². The largest absolute Gasteiger partial charge is 0.373 e. The summed E-state index contributed by atoms with van der Waals surface area (Å²) in [6.45, 7) is 0.552. The second-order valence-electron chi connectivity index (χ2n) is 6.31. The molecule has 2 aliphatic rings. The fourth-order valence-corrected chi connectivity index (χ4v) is 3.40. The van der Waals surface area contributed by atoms with Crippen molar-refractivity contribution in [2.75, 3.05) is 6.61 Å². The Labute approximate surface area is 150 Å². The lowest BCUT2D eigenvalue weighted by atomic mass is 9.89. The molecule has 0 N–H and O–H groups in total. The monoisotopic (exact) mass is 351 g/mol. The molecule has 1 saturated heterocycles. The highest BCUT2D eigenvalue weighted by Crippen LogP contribution is 2.35. The fourth-order valence-electron chi connectivity index (χ4n) is 3.40. The third-order valence-electron chi connectivity index (χ3n) is 4.69. The predicted molar refractivity (Wildman–Crippen MR) is 90.9 cm³/mol. The smallest absolute Gasteiger partial charge is 0.339 e. The van der Waals surface area contributed by atoms with Crippen molar-refractivity contribution < 1.29 is 24.0 Å². The predicted octanol–water partition coefficient (Wildman–Crippen LogP) is 2.91. The van der Waals surface area contributed by atoms with Crippen molar-refractivity contribution in [3.05, 3.63) is 71.3 Å². The van der Waals surface area contributed by atoms with E-state index in [4.69, 9.17) is 9.57 Å². The van der Waals surface area contributed by atoms with Gasteiger partial charge in [0.15, 0.2) is 0 Å². The lowest BCUT2D eigenvalue weighted by Crippen LogP contribution is -2.38. The highest BCUT2D eigenvalue weighted by Gasteiger charge is 2.42. The summed E-state index contributed by atoms with van der Waals surface area (Å²) in [6, 6.07) is 15.8. The van der Waals surface area contributed by atoms with Crippen LogP contribution in [0.25, 0.3) is 0 Å². The number of benzene rings is 2. The van der Waals surface area contributed by atoms with Crippen LogP contribution in [0.15, 0.2) is 54.6 Å². The molecular formula is C20H17NO5. The van der Waals surface area contributed by atoms with Gasteiger partial charge in [-0.25, -0.2) is 4.79 Å². The zero-order valence-electron chi connectivity index (χ0n) is 14.0. The van der Waals surface area contributed by atoms with Gasteiger partial charge in [-0.05, 0) is 30.5 Å². The summed E-state index contributed by atoms with van der Waals surface area (Å²) < 4.78 is 5.79. The van der Waals surface area contributed by atoms with Crippen molar-refractivity contribution in [1.29, 1.82) is 0 Å². The summed E-state index contributed by atoms with van der Waals surface area (Å²) in [6.07, 6.45) is 0.833. The summed E-state index contributed by atoms with van der Waals surface area (Å²) in [5.74, 6) is -2.44. The average Bonchev–Trinajstić information content (AvgIpc) is 2.94. The van der Waals surface area contributed by atoms with Crippen LogP contribution in [0, 0.1) is 5.92 Å². The van der Waals surface area contributed by atoms with E-state index < -0.39 is 29.8 Å². The summed E-state index contributed by atoms with van der Waals surface area (Å²) >= 11 is 0.